The van der Waals surface area contributed by atoms with E-state index in [0.717, 1.165) is 36.5 Å². The Balaban J connectivity index is 1.56. The fraction of sp³-hybridized carbons (Fsp3) is 0.893. The summed E-state index contributed by atoms with van der Waals surface area (Å²) in [6, 6.07) is 0. The van der Waals surface area contributed by atoms with Crippen molar-refractivity contribution in [3.05, 3.63) is 11.6 Å². The lowest BCUT2D eigenvalue weighted by Gasteiger charge is -2.58. The molecule has 0 aliphatic heterocycles. The van der Waals surface area contributed by atoms with E-state index >= 15 is 0 Å². The Bertz CT molecular complexity index is 813. The molecule has 3 saturated carbocycles. The third-order valence-electron chi connectivity index (χ3n) is 9.89. The molecule has 0 radical (unpaired) electrons. The number of allylic oxidation sites excluding steroid dienone is 2. The molecule has 6 heteroatoms. The second-order valence-corrected chi connectivity index (χ2v) is 23.2. The van der Waals surface area contributed by atoms with Crippen LogP contribution in [0, 0.1) is 34.5 Å². The van der Waals surface area contributed by atoms with Crippen LogP contribution in [0.1, 0.15) is 65.2 Å². The van der Waals surface area contributed by atoms with Crippen molar-refractivity contribution in [2.75, 3.05) is 13.7 Å². The smallest absolute Gasteiger partial charge is 0.184 e. The minimum absolute atomic E-state index is 0.266. The molecule has 0 aromatic heterocycles. The maximum absolute atomic E-state index is 6.91. The largest absolute Gasteiger partial charge is 0.415 e. The van der Waals surface area contributed by atoms with Crippen molar-refractivity contribution in [2.24, 2.45) is 39.7 Å². The molecule has 0 aromatic carbocycles. The molecule has 0 spiro atoms. The summed E-state index contributed by atoms with van der Waals surface area (Å²) in [4.78, 5) is 5.11. The van der Waals surface area contributed by atoms with Crippen molar-refractivity contribution in [3.8, 4) is 0 Å². The molecule has 0 bridgehead atoms. The number of fused-ring (bicyclic) bond motifs is 5. The number of hydrogen-bond donors (Lipinski definition) is 0. The predicted molar refractivity (Wildman–Crippen MR) is 147 cm³/mol. The average molecular weight is 506 g/mol. The zero-order valence-corrected chi connectivity index (χ0v) is 25.5. The molecule has 7 atom stereocenters. The van der Waals surface area contributed by atoms with Crippen LogP contribution in [0.5, 0.6) is 0 Å². The monoisotopic (exact) mass is 505 g/mol. The molecule has 194 valence electrons. The van der Waals surface area contributed by atoms with Crippen LogP contribution < -0.4 is 0 Å². The molecule has 4 aliphatic rings. The van der Waals surface area contributed by atoms with Crippen LogP contribution in [0.15, 0.2) is 16.8 Å². The van der Waals surface area contributed by atoms with E-state index in [1.54, 1.807) is 12.7 Å². The topological polar surface area (TPSA) is 40.0 Å². The molecule has 4 rings (SSSR count). The molecular formula is C28H51NO3Si2. The van der Waals surface area contributed by atoms with Crippen LogP contribution in [0.2, 0.25) is 39.3 Å². The van der Waals surface area contributed by atoms with Gasteiger partial charge in [0.1, 0.15) is 7.11 Å². The third kappa shape index (κ3) is 5.16. The van der Waals surface area contributed by atoms with Crippen molar-refractivity contribution in [1.29, 1.82) is 0 Å². The summed E-state index contributed by atoms with van der Waals surface area (Å²) in [5.41, 5.74) is 3.54. The van der Waals surface area contributed by atoms with Gasteiger partial charge in [-0.3, -0.25) is 0 Å². The highest BCUT2D eigenvalue weighted by Gasteiger charge is 2.60. The molecule has 0 amide bonds. The molecule has 0 N–H and O–H groups in total. The van der Waals surface area contributed by atoms with Crippen molar-refractivity contribution in [1.82, 2.24) is 0 Å². The van der Waals surface area contributed by atoms with Crippen LogP contribution in [-0.4, -0.2) is 42.2 Å². The Labute approximate surface area is 211 Å². The zero-order chi connectivity index (χ0) is 24.9. The first-order chi connectivity index (χ1) is 15.8. The highest BCUT2D eigenvalue weighted by molar-refractivity contribution is 6.70. The molecule has 0 saturated heterocycles. The van der Waals surface area contributed by atoms with Crippen molar-refractivity contribution in [2.45, 2.75) is 111 Å². The van der Waals surface area contributed by atoms with E-state index in [-0.39, 0.29) is 6.10 Å². The summed E-state index contributed by atoms with van der Waals surface area (Å²) in [5.74, 6) is 3.15. The zero-order valence-electron chi connectivity index (χ0n) is 23.5. The van der Waals surface area contributed by atoms with Gasteiger partial charge in [-0.25, -0.2) is 0 Å². The Morgan fingerprint density at radius 1 is 0.941 bits per heavy atom. The first kappa shape index (κ1) is 26.6. The van der Waals surface area contributed by atoms with Gasteiger partial charge in [-0.05, 0) is 131 Å². The van der Waals surface area contributed by atoms with Crippen LogP contribution in [0.3, 0.4) is 0 Å². The number of oxime groups is 1. The Hall–Kier alpha value is -0.436. The number of hydrogen-bond acceptors (Lipinski definition) is 4. The number of rotatable bonds is 7. The lowest BCUT2D eigenvalue weighted by Crippen LogP contribution is -2.53. The Morgan fingerprint density at radius 2 is 1.68 bits per heavy atom. The second kappa shape index (κ2) is 9.46. The van der Waals surface area contributed by atoms with E-state index in [0.29, 0.717) is 16.7 Å². The van der Waals surface area contributed by atoms with Gasteiger partial charge in [0.15, 0.2) is 16.6 Å². The van der Waals surface area contributed by atoms with Crippen LogP contribution in [-0.2, 0) is 13.7 Å². The third-order valence-corrected chi connectivity index (χ3v) is 11.9. The van der Waals surface area contributed by atoms with Gasteiger partial charge >= 0.3 is 0 Å². The van der Waals surface area contributed by atoms with Gasteiger partial charge in [0.05, 0.1) is 18.4 Å². The molecular weight excluding hydrogens is 454 g/mol. The first-order valence-electron chi connectivity index (χ1n) is 13.9. The first-order valence-corrected chi connectivity index (χ1v) is 20.7. The summed E-state index contributed by atoms with van der Waals surface area (Å²) in [7, 11) is -1.55. The fourth-order valence-corrected chi connectivity index (χ4v) is 10.2. The molecule has 0 heterocycles. The normalized spacial score (nSPS) is 40.3. The van der Waals surface area contributed by atoms with E-state index in [9.17, 15) is 0 Å². The Kier molecular flexibility index (Phi) is 7.41. The second-order valence-electron chi connectivity index (χ2n) is 14.2. The van der Waals surface area contributed by atoms with Gasteiger partial charge < -0.3 is 13.7 Å². The van der Waals surface area contributed by atoms with Crippen molar-refractivity contribution in [3.63, 3.8) is 0 Å². The predicted octanol–water partition coefficient (Wildman–Crippen LogP) is 7.64. The molecule has 34 heavy (non-hydrogen) atoms. The van der Waals surface area contributed by atoms with Crippen molar-refractivity contribution < 1.29 is 13.7 Å². The minimum Gasteiger partial charge on any atom is -0.415 e. The summed E-state index contributed by atoms with van der Waals surface area (Å²) in [6.07, 6.45) is 13.0. The average Bonchev–Trinajstić information content (AvgIpc) is 3.07. The van der Waals surface area contributed by atoms with Crippen LogP contribution in [0.4, 0.5) is 0 Å². The number of nitrogens with zero attached hydrogens (tertiary/aromatic N) is 1. The fourth-order valence-electron chi connectivity index (χ4n) is 8.43. The van der Waals surface area contributed by atoms with Gasteiger partial charge in [-0.2, -0.15) is 0 Å². The van der Waals surface area contributed by atoms with Gasteiger partial charge in [0.25, 0.3) is 0 Å². The summed E-state index contributed by atoms with van der Waals surface area (Å²) in [5, 5.41) is 4.29. The van der Waals surface area contributed by atoms with Gasteiger partial charge in [-0.15, -0.1) is 0 Å². The standard InChI is InChI=1S/C28H51NO3Si2/c1-27-16-14-21(29-30-3)18-20(27)10-11-22-23-12-13-25(28(23,2)17-15-24(22)27)26(32-34(7,8)9)19-31-33(4,5)6/h18,22-26H,10-17,19H2,1-9H3/b29-21-/t22-,23-,24-,25+,26?,27-,28-/m0/s1. The van der Waals surface area contributed by atoms with Crippen LogP contribution >= 0.6 is 0 Å². The minimum atomic E-state index is -1.65. The maximum atomic E-state index is 6.91. The van der Waals surface area contributed by atoms with Gasteiger partial charge in [0.2, 0.25) is 0 Å². The molecule has 0 aromatic rings. The highest BCUT2D eigenvalue weighted by Crippen LogP contribution is 2.67. The van der Waals surface area contributed by atoms with E-state index in [2.05, 4.69) is 64.4 Å². The summed E-state index contributed by atoms with van der Waals surface area (Å²) in [6.45, 7) is 20.0. The molecule has 4 nitrogen and oxygen atoms in total. The lowest BCUT2D eigenvalue weighted by molar-refractivity contribution is -0.0742. The van der Waals surface area contributed by atoms with Gasteiger partial charge in [-0.1, -0.05) is 24.6 Å². The summed E-state index contributed by atoms with van der Waals surface area (Å²) < 4.78 is 13.4. The van der Waals surface area contributed by atoms with Gasteiger partial charge in [0, 0.05) is 0 Å². The maximum Gasteiger partial charge on any atom is 0.184 e. The van der Waals surface area contributed by atoms with E-state index in [1.165, 1.54) is 44.9 Å². The molecule has 1 unspecified atom stereocenters. The highest BCUT2D eigenvalue weighted by atomic mass is 28.4. The summed E-state index contributed by atoms with van der Waals surface area (Å²) >= 11 is 0. The quantitative estimate of drug-likeness (QED) is 0.264. The van der Waals surface area contributed by atoms with Crippen LogP contribution in [0.25, 0.3) is 0 Å². The van der Waals surface area contributed by atoms with E-state index in [1.807, 2.05) is 0 Å². The lowest BCUT2D eigenvalue weighted by atomic mass is 9.46. The van der Waals surface area contributed by atoms with E-state index < -0.39 is 16.6 Å². The van der Waals surface area contributed by atoms with Crippen molar-refractivity contribution >= 4 is 22.3 Å². The molecule has 3 fully saturated rings. The Morgan fingerprint density at radius 3 is 2.32 bits per heavy atom. The SMILES string of the molecule is CO/N=C1\C=C2CC[C@H]3[C@@H]4CC[C@H](C(CO[Si](C)(C)C)O[Si](C)(C)C)[C@@]4(C)CC[C@@H]3[C@@]2(C)CC1. The molecule has 4 aliphatic carbocycles. The van der Waals surface area contributed by atoms with E-state index in [4.69, 9.17) is 13.7 Å².